The molecule has 26 heavy (non-hydrogen) atoms. The van der Waals surface area contributed by atoms with E-state index in [0.717, 1.165) is 5.75 Å². The molecule has 0 bridgehead atoms. The summed E-state index contributed by atoms with van der Waals surface area (Å²) in [5, 5.41) is 4.49. The molecule has 6 nitrogen and oxygen atoms in total. The number of hydrogen-bond donors (Lipinski definition) is 0. The van der Waals surface area contributed by atoms with Crippen LogP contribution >= 0.6 is 10.3 Å². The molecule has 0 fully saturated rings. The number of nitrogens with zero attached hydrogens (tertiary/aromatic N) is 3. The van der Waals surface area contributed by atoms with Crippen molar-refractivity contribution < 1.29 is 8.92 Å². The summed E-state index contributed by atoms with van der Waals surface area (Å²) in [7, 11) is 2.59. The Morgan fingerprint density at radius 3 is 2.38 bits per heavy atom. The number of aromatic nitrogens is 2. The Labute approximate surface area is 160 Å². The van der Waals surface area contributed by atoms with E-state index in [1.165, 1.54) is 10.7 Å². The molecule has 1 atom stereocenters. The van der Waals surface area contributed by atoms with Crippen LogP contribution in [-0.4, -0.2) is 53.8 Å². The third-order valence-electron chi connectivity index (χ3n) is 4.43. The lowest BCUT2D eigenvalue weighted by Gasteiger charge is -2.46. The number of anilines is 1. The summed E-state index contributed by atoms with van der Waals surface area (Å²) >= 11 is 0. The van der Waals surface area contributed by atoms with E-state index >= 15 is 0 Å². The van der Waals surface area contributed by atoms with Gasteiger partial charge in [-0.15, -0.1) is 15.4 Å². The molecular weight excluding hydrogens is 350 g/mol. The maximum Gasteiger partial charge on any atom is 0.270 e. The minimum atomic E-state index is -1.21. The minimum Gasteiger partial charge on any atom is -0.489 e. The third-order valence-corrected chi connectivity index (χ3v) is 8.81. The van der Waals surface area contributed by atoms with Crippen LogP contribution in [0.5, 0.6) is 5.75 Å². The lowest BCUT2D eigenvalue weighted by atomic mass is 10.2. The molecule has 0 aliphatic rings. The van der Waals surface area contributed by atoms with Gasteiger partial charge in [0.25, 0.3) is 5.56 Å². The molecule has 1 aromatic heterocycles. The zero-order valence-electron chi connectivity index (χ0n) is 18.0. The molecule has 1 heterocycles. The fraction of sp³-hybridized carbons (Fsp3) is 0.789. The molecule has 0 saturated heterocycles. The second-order valence-corrected chi connectivity index (χ2v) is 12.3. The summed E-state index contributed by atoms with van der Waals surface area (Å²) in [5.74, 6) is 2.56. The van der Waals surface area contributed by atoms with E-state index in [4.69, 9.17) is 8.92 Å². The quantitative estimate of drug-likeness (QED) is 0.649. The van der Waals surface area contributed by atoms with Gasteiger partial charge in [0, 0.05) is 18.8 Å². The van der Waals surface area contributed by atoms with Gasteiger partial charge in [-0.05, 0) is 17.9 Å². The fourth-order valence-corrected chi connectivity index (χ4v) is 4.13. The highest BCUT2D eigenvalue weighted by atomic mass is 32.3. The highest BCUT2D eigenvalue weighted by Gasteiger charge is 2.31. The molecule has 0 spiro atoms. The first kappa shape index (κ1) is 22.8. The Hall–Kier alpha value is -1.21. The molecule has 7 heteroatoms. The van der Waals surface area contributed by atoms with Gasteiger partial charge in [0.05, 0.1) is 25.8 Å². The summed E-state index contributed by atoms with van der Waals surface area (Å²) < 4.78 is 13.6. The second kappa shape index (κ2) is 9.13. The minimum absolute atomic E-state index is 0.101. The van der Waals surface area contributed by atoms with Gasteiger partial charge in [-0.1, -0.05) is 41.5 Å². The highest BCUT2D eigenvalue weighted by Crippen LogP contribution is 2.56. The Balaban J connectivity index is 2.94. The molecule has 152 valence electrons. The first-order chi connectivity index (χ1) is 11.9. The van der Waals surface area contributed by atoms with Crippen LogP contribution in [0.3, 0.4) is 0 Å². The lowest BCUT2D eigenvalue weighted by molar-refractivity contribution is 0.267. The lowest BCUT2D eigenvalue weighted by Crippen LogP contribution is -2.31. The number of rotatable bonds is 9. The van der Waals surface area contributed by atoms with Gasteiger partial charge in [0.15, 0.2) is 11.6 Å². The van der Waals surface area contributed by atoms with Crippen LogP contribution in [0.4, 0.5) is 5.82 Å². The van der Waals surface area contributed by atoms with Gasteiger partial charge in [0.2, 0.25) is 0 Å². The SMILES string of the molecule is CCS(C)(OCCn1nc(N(C)C)c(OCC(C)C)cc1=O)C(C)(C)C. The topological polar surface area (TPSA) is 56.6 Å². The molecule has 0 aliphatic carbocycles. The third kappa shape index (κ3) is 5.91. The maximum atomic E-state index is 12.4. The first-order valence-electron chi connectivity index (χ1n) is 9.23. The molecule has 0 amide bonds. The Morgan fingerprint density at radius 1 is 1.31 bits per heavy atom. The highest BCUT2D eigenvalue weighted by molar-refractivity contribution is 8.30. The van der Waals surface area contributed by atoms with E-state index in [9.17, 15) is 4.79 Å². The van der Waals surface area contributed by atoms with Crippen molar-refractivity contribution in [1.82, 2.24) is 9.78 Å². The van der Waals surface area contributed by atoms with Crippen molar-refractivity contribution in [3.8, 4) is 5.75 Å². The summed E-state index contributed by atoms with van der Waals surface area (Å²) in [6, 6.07) is 1.53. The Kier molecular flexibility index (Phi) is 8.02. The van der Waals surface area contributed by atoms with Crippen LogP contribution in [0.15, 0.2) is 10.9 Å². The van der Waals surface area contributed by atoms with Crippen molar-refractivity contribution in [3.05, 3.63) is 16.4 Å². The van der Waals surface area contributed by atoms with Crippen LogP contribution in [-0.2, 0) is 10.7 Å². The Morgan fingerprint density at radius 2 is 1.92 bits per heavy atom. The van der Waals surface area contributed by atoms with Crippen molar-refractivity contribution >= 4 is 16.1 Å². The second-order valence-electron chi connectivity index (χ2n) is 8.22. The van der Waals surface area contributed by atoms with E-state index in [1.54, 1.807) is 0 Å². The maximum absolute atomic E-state index is 12.4. The number of ether oxygens (including phenoxy) is 1. The van der Waals surface area contributed by atoms with Crippen molar-refractivity contribution in [1.29, 1.82) is 0 Å². The van der Waals surface area contributed by atoms with Crippen LogP contribution in [0.25, 0.3) is 0 Å². The first-order valence-corrected chi connectivity index (χ1v) is 11.4. The van der Waals surface area contributed by atoms with Crippen molar-refractivity contribution in [2.75, 3.05) is 44.2 Å². The molecule has 0 N–H and O–H groups in total. The van der Waals surface area contributed by atoms with Gasteiger partial charge in [0.1, 0.15) is 0 Å². The van der Waals surface area contributed by atoms with E-state index in [1.807, 2.05) is 19.0 Å². The van der Waals surface area contributed by atoms with Gasteiger partial charge in [-0.2, -0.15) is 0 Å². The predicted octanol–water partition coefficient (Wildman–Crippen LogP) is 3.53. The molecular formula is C19H37N3O3S. The average Bonchev–Trinajstić information content (AvgIpc) is 2.52. The van der Waals surface area contributed by atoms with E-state index in [2.05, 4.69) is 52.9 Å². The standard InChI is InChI=1S/C19H37N3O3S/c1-10-26(9,19(4,5)6)25-12-11-22-17(23)13-16(24-14-15(2)3)18(20-22)21(7)8/h13,15H,10-12,14H2,1-9H3. The smallest absolute Gasteiger partial charge is 0.270 e. The monoisotopic (exact) mass is 387 g/mol. The molecule has 0 aromatic carbocycles. The zero-order valence-corrected chi connectivity index (χ0v) is 18.8. The predicted molar refractivity (Wildman–Crippen MR) is 113 cm³/mol. The average molecular weight is 388 g/mol. The molecule has 1 aromatic rings. The van der Waals surface area contributed by atoms with E-state index in [0.29, 0.717) is 37.2 Å². The molecule has 0 radical (unpaired) electrons. The zero-order chi connectivity index (χ0) is 20.1. The molecule has 0 aliphatic heterocycles. The normalized spacial score (nSPS) is 15.6. The number of hydrogen-bond acceptors (Lipinski definition) is 5. The molecule has 0 saturated carbocycles. The fourth-order valence-electron chi connectivity index (χ4n) is 2.30. The van der Waals surface area contributed by atoms with Crippen molar-refractivity contribution in [3.63, 3.8) is 0 Å². The van der Waals surface area contributed by atoms with Gasteiger partial charge in [-0.3, -0.25) is 4.79 Å². The molecule has 1 unspecified atom stereocenters. The van der Waals surface area contributed by atoms with Crippen LogP contribution < -0.4 is 15.2 Å². The van der Waals surface area contributed by atoms with Gasteiger partial charge in [-0.25, -0.2) is 4.68 Å². The van der Waals surface area contributed by atoms with E-state index in [-0.39, 0.29) is 10.3 Å². The molecule has 1 rings (SSSR count). The summed E-state index contributed by atoms with van der Waals surface area (Å²) in [5.41, 5.74) is -0.165. The largest absolute Gasteiger partial charge is 0.489 e. The van der Waals surface area contributed by atoms with Gasteiger partial charge < -0.3 is 13.8 Å². The summed E-state index contributed by atoms with van der Waals surface area (Å²) in [6.45, 7) is 14.4. The Bertz CT molecular complexity index is 638. The van der Waals surface area contributed by atoms with Crippen LogP contribution in [0.1, 0.15) is 41.5 Å². The summed E-state index contributed by atoms with van der Waals surface area (Å²) in [6.07, 6.45) is 2.21. The van der Waals surface area contributed by atoms with Crippen molar-refractivity contribution in [2.45, 2.75) is 52.8 Å². The van der Waals surface area contributed by atoms with Crippen LogP contribution in [0, 0.1) is 5.92 Å². The summed E-state index contributed by atoms with van der Waals surface area (Å²) in [4.78, 5) is 14.3. The van der Waals surface area contributed by atoms with Crippen LogP contribution in [0.2, 0.25) is 0 Å². The van der Waals surface area contributed by atoms with E-state index < -0.39 is 10.3 Å². The van der Waals surface area contributed by atoms with Crippen molar-refractivity contribution in [2.24, 2.45) is 5.92 Å². The van der Waals surface area contributed by atoms with Gasteiger partial charge >= 0.3 is 0 Å².